The number of aromatic nitrogens is 10. The number of aromatic amines is 1. The van der Waals surface area contributed by atoms with Crippen molar-refractivity contribution in [3.63, 3.8) is 0 Å². The van der Waals surface area contributed by atoms with Gasteiger partial charge in [-0.25, -0.2) is 19.9 Å². The maximum Gasteiger partial charge on any atom is 0.291 e. The summed E-state index contributed by atoms with van der Waals surface area (Å²) in [6.07, 6.45) is 10.3. The maximum atomic E-state index is 13.3. The number of amides is 9. The van der Waals surface area contributed by atoms with Gasteiger partial charge < -0.3 is 123 Å². The zero-order chi connectivity index (χ0) is 81.9. The molecular weight excluding hydrogens is 1480 g/mol. The number of hydrogen-bond acceptors (Lipinski definition) is 24. The molecule has 39 nitrogen and oxygen atoms in total. The molecule has 0 spiro atoms. The number of anilines is 5. The van der Waals surface area contributed by atoms with Crippen LogP contribution in [0.15, 0.2) is 84.4 Å². The Bertz CT molecular complexity index is 4620. The first-order valence-corrected chi connectivity index (χ1v) is 37.0. The van der Waals surface area contributed by atoms with Gasteiger partial charge in [-0.3, -0.25) is 47.9 Å². The highest BCUT2D eigenvalue weighted by Crippen LogP contribution is 2.30. The number of H-pyrrole nitrogens is 1. The summed E-state index contributed by atoms with van der Waals surface area (Å²) in [7, 11) is 13.1. The molecule has 0 unspecified atom stereocenters. The van der Waals surface area contributed by atoms with Crippen LogP contribution in [0, 0.1) is 6.92 Å². The molecule has 0 saturated heterocycles. The molecule has 8 rings (SSSR count). The third-order valence-corrected chi connectivity index (χ3v) is 17.0. The molecule has 0 atom stereocenters. The van der Waals surface area contributed by atoms with E-state index >= 15 is 0 Å². The van der Waals surface area contributed by atoms with Crippen LogP contribution < -0.4 is 67.6 Å². The minimum absolute atomic E-state index is 0.00350. The molecule has 0 aliphatic rings. The zero-order valence-corrected chi connectivity index (χ0v) is 65.6. The molecule has 0 bridgehead atoms. The van der Waals surface area contributed by atoms with Gasteiger partial charge in [-0.15, -0.1) is 0 Å². The van der Waals surface area contributed by atoms with Crippen LogP contribution in [0.3, 0.4) is 0 Å². The lowest BCUT2D eigenvalue weighted by Crippen LogP contribution is -2.33. The van der Waals surface area contributed by atoms with Crippen molar-refractivity contribution in [2.24, 2.45) is 35.2 Å². The number of carbonyl (C=O) groups excluding carboxylic acids is 9. The van der Waals surface area contributed by atoms with E-state index in [1.54, 1.807) is 75.0 Å². The summed E-state index contributed by atoms with van der Waals surface area (Å²) >= 11 is 0. The van der Waals surface area contributed by atoms with Gasteiger partial charge >= 0.3 is 0 Å². The molecule has 2 aromatic carbocycles. The molecular formula is C75H102N20O19. The van der Waals surface area contributed by atoms with Gasteiger partial charge in [0.15, 0.2) is 17.5 Å². The predicted octanol–water partition coefficient (Wildman–Crippen LogP) is 3.05. The van der Waals surface area contributed by atoms with Crippen LogP contribution in [0.2, 0.25) is 0 Å². The van der Waals surface area contributed by atoms with Gasteiger partial charge in [-0.2, -0.15) is 0 Å². The van der Waals surface area contributed by atoms with Crippen molar-refractivity contribution in [2.45, 2.75) is 51.9 Å². The second-order valence-electron chi connectivity index (χ2n) is 26.2. The van der Waals surface area contributed by atoms with Crippen LogP contribution in [0.5, 0.6) is 17.2 Å². The van der Waals surface area contributed by atoms with Crippen molar-refractivity contribution < 1.29 is 85.8 Å². The number of hydrogen-bond donors (Lipinski definition) is 10. The Hall–Kier alpha value is -11.9. The molecule has 8 aromatic rings. The van der Waals surface area contributed by atoms with E-state index in [9.17, 15) is 47.9 Å². The van der Waals surface area contributed by atoms with Gasteiger partial charge in [0.05, 0.1) is 110 Å². The fraction of sp³-hybridized carbons (Fsp3) is 0.467. The van der Waals surface area contributed by atoms with Crippen molar-refractivity contribution in [1.29, 1.82) is 0 Å². The van der Waals surface area contributed by atoms with Gasteiger partial charge in [0.25, 0.3) is 29.2 Å². The van der Waals surface area contributed by atoms with Gasteiger partial charge in [-0.05, 0) is 69.7 Å². The number of ether oxygens (including phenoxy) is 9. The van der Waals surface area contributed by atoms with Crippen LogP contribution in [0.4, 0.5) is 28.8 Å². The number of nitrogens with zero attached hydrogens (tertiary/aromatic N) is 10. The quantitative estimate of drug-likeness (QED) is 0.0245. The Kier molecular flexibility index (Phi) is 35.1. The SMILES string of the molecule is COc1cc(OC)c2c(=O)[nH]c(-c3cc(C)cc(OCCOCCOCCOCCOCCOCCOCCC(=O)NCCCN(C)CCCNC(=O)CCNC(=O)c4nc(NC(=O)CCNC(=O)c5cc(NC(=O)c6nc(NC(=O)CCC(=O)Nc7cc(NC(=O)c8nccn8C)cn7C)cn6C)cn5C)cn4C)c3)nc2c1. The van der Waals surface area contributed by atoms with E-state index in [-0.39, 0.29) is 110 Å². The molecule has 0 saturated carbocycles. The molecule has 0 aliphatic heterocycles. The Morgan fingerprint density at radius 2 is 0.974 bits per heavy atom. The van der Waals surface area contributed by atoms with Crippen LogP contribution in [0.1, 0.15) is 92.9 Å². The van der Waals surface area contributed by atoms with E-state index in [0.29, 0.717) is 156 Å². The Labute approximate surface area is 657 Å². The highest BCUT2D eigenvalue weighted by atomic mass is 16.6. The van der Waals surface area contributed by atoms with Crippen molar-refractivity contribution in [3.8, 4) is 28.6 Å². The highest BCUT2D eigenvalue weighted by molar-refractivity contribution is 6.05. The summed E-state index contributed by atoms with van der Waals surface area (Å²) in [6.45, 7) is 9.18. The molecule has 10 N–H and O–H groups in total. The summed E-state index contributed by atoms with van der Waals surface area (Å²) in [5.74, 6) is -1.41. The summed E-state index contributed by atoms with van der Waals surface area (Å²) in [6, 6.07) is 12.0. The molecule has 0 fully saturated rings. The third-order valence-electron chi connectivity index (χ3n) is 17.0. The summed E-state index contributed by atoms with van der Waals surface area (Å²) in [5.41, 5.74) is 2.59. The van der Waals surface area contributed by atoms with Gasteiger partial charge in [0.1, 0.15) is 46.6 Å². The molecule has 0 aliphatic carbocycles. The van der Waals surface area contributed by atoms with Crippen LogP contribution >= 0.6 is 0 Å². The average molecular weight is 1590 g/mol. The lowest BCUT2D eigenvalue weighted by Gasteiger charge is -2.16. The average Bonchev–Trinajstić information content (AvgIpc) is 1.21. The van der Waals surface area contributed by atoms with Gasteiger partial charge in [-0.1, -0.05) is 0 Å². The first kappa shape index (κ1) is 87.7. The van der Waals surface area contributed by atoms with E-state index in [2.05, 4.69) is 77.7 Å². The molecule has 0 radical (unpaired) electrons. The minimum atomic E-state index is -0.647. The van der Waals surface area contributed by atoms with Crippen LogP contribution in [0.25, 0.3) is 22.3 Å². The smallest absolute Gasteiger partial charge is 0.291 e. The highest BCUT2D eigenvalue weighted by Gasteiger charge is 2.23. The van der Waals surface area contributed by atoms with E-state index in [4.69, 9.17) is 42.6 Å². The van der Waals surface area contributed by atoms with E-state index in [1.807, 2.05) is 32.2 Å². The standard InChI is InChI=1S/C75H102N20O19/c1-49-38-50(67-83-55-43-53(106-8)44-57(107-9)66(55)72(102)89-67)40-54(39-49)114-37-36-113-35-34-112-33-32-111-31-30-110-29-28-109-27-26-108-25-16-62(97)77-18-11-23-90(2)22-10-17-76-61(96)14-19-80-73(103)69-86-59(47-94(69)6)85-65(100)15-20-79-71(101)56-41-51(45-92(56)4)81-75(105)70-87-58(48-95(70)7)84-63(98)12-13-64(99)88-60-42-52(46-93(60)5)82-74(104)68-78-21-24-91(68)3/h21,24,38-48H,10-20,22-23,25-37H2,1-9H3,(H,76,96)(H,77,97)(H,79,101)(H,80,103)(H,81,105)(H,82,104)(H,84,98)(H,85,100)(H,88,99)(H,83,89,102). The second-order valence-corrected chi connectivity index (χ2v) is 26.2. The maximum absolute atomic E-state index is 13.3. The number of nitrogens with one attached hydrogen (secondary N) is 10. The Morgan fingerprint density at radius 3 is 1.55 bits per heavy atom. The minimum Gasteiger partial charge on any atom is -0.497 e. The monoisotopic (exact) mass is 1590 g/mol. The van der Waals surface area contributed by atoms with E-state index < -0.39 is 41.4 Å². The number of methoxy groups -OCH3 is 2. The van der Waals surface area contributed by atoms with Crippen molar-refractivity contribution >= 4 is 92.9 Å². The van der Waals surface area contributed by atoms with Crippen LogP contribution in [-0.2, 0) is 87.6 Å². The molecule has 6 aromatic heterocycles. The molecule has 6 heterocycles. The number of carbonyl (C=O) groups is 9. The van der Waals surface area contributed by atoms with E-state index in [1.165, 1.54) is 58.8 Å². The Balaban J connectivity index is 0.559. The molecule has 114 heavy (non-hydrogen) atoms. The van der Waals surface area contributed by atoms with Gasteiger partial charge in [0, 0.05) is 154 Å². The van der Waals surface area contributed by atoms with Gasteiger partial charge in [0.2, 0.25) is 41.2 Å². The lowest BCUT2D eigenvalue weighted by atomic mass is 10.1. The fourth-order valence-corrected chi connectivity index (χ4v) is 11.3. The Morgan fingerprint density at radius 1 is 0.456 bits per heavy atom. The van der Waals surface area contributed by atoms with Crippen molar-refractivity contribution in [3.05, 3.63) is 119 Å². The molecule has 616 valence electrons. The normalized spacial score (nSPS) is 11.2. The number of benzene rings is 2. The number of aryl methyl sites for hydroxylation is 6. The number of fused-ring (bicyclic) bond motifs is 1. The molecule has 39 heteroatoms. The summed E-state index contributed by atoms with van der Waals surface area (Å²) in [4.78, 5) is 150. The third kappa shape index (κ3) is 28.7. The number of imidazole rings is 3. The van der Waals surface area contributed by atoms with Crippen LogP contribution in [-0.4, -0.2) is 252 Å². The second kappa shape index (κ2) is 45.6. The topological polar surface area (TPSA) is 457 Å². The number of rotatable bonds is 51. The largest absolute Gasteiger partial charge is 0.497 e. The summed E-state index contributed by atoms with van der Waals surface area (Å²) < 4.78 is 57.6. The van der Waals surface area contributed by atoms with E-state index in [0.717, 1.165) is 18.5 Å². The zero-order valence-electron chi connectivity index (χ0n) is 65.6. The first-order valence-electron chi connectivity index (χ1n) is 37.0. The van der Waals surface area contributed by atoms with Crippen molar-refractivity contribution in [1.82, 2.24) is 73.9 Å². The fourth-order valence-electron chi connectivity index (χ4n) is 11.3. The summed E-state index contributed by atoms with van der Waals surface area (Å²) in [5, 5.41) is 24.8. The first-order chi connectivity index (χ1) is 54.9. The lowest BCUT2D eigenvalue weighted by molar-refractivity contribution is -0.122. The molecule has 9 amide bonds. The van der Waals surface area contributed by atoms with Crippen molar-refractivity contribution in [2.75, 3.05) is 173 Å². The predicted molar refractivity (Wildman–Crippen MR) is 419 cm³/mol.